The minimum atomic E-state index is -0.361. The van der Waals surface area contributed by atoms with E-state index in [9.17, 15) is 4.79 Å². The van der Waals surface area contributed by atoms with E-state index in [2.05, 4.69) is 5.32 Å². The highest BCUT2D eigenvalue weighted by molar-refractivity contribution is 5.72. The minimum absolute atomic E-state index is 0.173. The van der Waals surface area contributed by atoms with Crippen molar-refractivity contribution in [3.8, 4) is 0 Å². The molecule has 0 aromatic rings. The lowest BCUT2D eigenvalue weighted by Crippen LogP contribution is -2.42. The molecule has 64 valence electrons. The number of carbonyl (C=O) groups is 1. The van der Waals surface area contributed by atoms with E-state index < -0.39 is 0 Å². The van der Waals surface area contributed by atoms with Crippen LogP contribution in [0.3, 0.4) is 0 Å². The number of carbonyl (C=O) groups excluding carboxylic acids is 1. The molecule has 1 atom stereocenters. The molecule has 5 nitrogen and oxygen atoms in total. The van der Waals surface area contributed by atoms with E-state index in [1.807, 2.05) is 5.43 Å². The fourth-order valence-electron chi connectivity index (χ4n) is 1.06. The monoisotopic (exact) mass is 159 g/mol. The van der Waals surface area contributed by atoms with E-state index in [-0.39, 0.29) is 12.1 Å². The predicted molar refractivity (Wildman–Crippen MR) is 39.7 cm³/mol. The summed E-state index contributed by atoms with van der Waals surface area (Å²) in [6.07, 6.45) is 2.27. The normalized spacial score (nSPS) is 23.2. The topological polar surface area (TPSA) is 76.4 Å². The Hall–Kier alpha value is -0.810. The van der Waals surface area contributed by atoms with Gasteiger partial charge in [-0.3, -0.25) is 5.43 Å². The Bertz CT molecular complexity index is 134. The maximum atomic E-state index is 10.6. The molecule has 1 aliphatic heterocycles. The van der Waals surface area contributed by atoms with Crippen LogP contribution in [0.1, 0.15) is 12.8 Å². The van der Waals surface area contributed by atoms with Gasteiger partial charge in [0.1, 0.15) is 0 Å². The van der Waals surface area contributed by atoms with Gasteiger partial charge in [0.15, 0.2) is 0 Å². The summed E-state index contributed by atoms with van der Waals surface area (Å²) in [5, 5.41) is 2.57. The van der Waals surface area contributed by atoms with Crippen LogP contribution in [-0.2, 0) is 4.74 Å². The van der Waals surface area contributed by atoms with Crippen molar-refractivity contribution in [2.24, 2.45) is 5.84 Å². The summed E-state index contributed by atoms with van der Waals surface area (Å²) >= 11 is 0. The Labute approximate surface area is 65.2 Å². The lowest BCUT2D eigenvalue weighted by molar-refractivity contribution is 0.111. The predicted octanol–water partition coefficient (Wildman–Crippen LogP) is -0.662. The molecule has 0 aliphatic carbocycles. The summed E-state index contributed by atoms with van der Waals surface area (Å²) < 4.78 is 5.26. The van der Waals surface area contributed by atoms with Crippen molar-refractivity contribution in [1.82, 2.24) is 10.7 Å². The van der Waals surface area contributed by atoms with Crippen molar-refractivity contribution in [3.63, 3.8) is 0 Å². The van der Waals surface area contributed by atoms with Crippen molar-refractivity contribution < 1.29 is 9.53 Å². The molecule has 1 rings (SSSR count). The van der Waals surface area contributed by atoms with E-state index in [1.54, 1.807) is 0 Å². The fraction of sp³-hybridized carbons (Fsp3) is 0.833. The van der Waals surface area contributed by atoms with Crippen LogP contribution in [0.2, 0.25) is 0 Å². The average molecular weight is 159 g/mol. The number of hydrazine groups is 1. The van der Waals surface area contributed by atoms with Gasteiger partial charge in [-0.25, -0.2) is 10.6 Å². The Kier molecular flexibility index (Phi) is 3.13. The van der Waals surface area contributed by atoms with Crippen LogP contribution in [0.4, 0.5) is 4.79 Å². The zero-order chi connectivity index (χ0) is 8.10. The molecule has 0 bridgehead atoms. The standard InChI is InChI=1S/C6H13N3O2/c7-9-6(10)8-4-5-2-1-3-11-5/h5H,1-4,7H2,(H2,8,9,10)/t5-/m1/s1. The van der Waals surface area contributed by atoms with Crippen LogP contribution in [-0.4, -0.2) is 25.3 Å². The van der Waals surface area contributed by atoms with Gasteiger partial charge in [-0.1, -0.05) is 0 Å². The third kappa shape index (κ3) is 2.73. The fourth-order valence-corrected chi connectivity index (χ4v) is 1.06. The molecule has 0 aromatic heterocycles. The molecule has 0 aromatic carbocycles. The van der Waals surface area contributed by atoms with Gasteiger partial charge in [0.2, 0.25) is 0 Å². The van der Waals surface area contributed by atoms with Crippen molar-refractivity contribution in [1.29, 1.82) is 0 Å². The number of nitrogens with two attached hydrogens (primary N) is 1. The van der Waals surface area contributed by atoms with Gasteiger partial charge in [-0.15, -0.1) is 0 Å². The molecule has 0 spiro atoms. The molecule has 2 amide bonds. The molecule has 1 aliphatic rings. The van der Waals surface area contributed by atoms with Crippen molar-refractivity contribution in [2.45, 2.75) is 18.9 Å². The first kappa shape index (κ1) is 8.29. The van der Waals surface area contributed by atoms with Gasteiger partial charge in [-0.2, -0.15) is 0 Å². The van der Waals surface area contributed by atoms with Gasteiger partial charge >= 0.3 is 6.03 Å². The highest BCUT2D eigenvalue weighted by Crippen LogP contribution is 2.10. The van der Waals surface area contributed by atoms with Crippen LogP contribution >= 0.6 is 0 Å². The van der Waals surface area contributed by atoms with Gasteiger partial charge < -0.3 is 10.1 Å². The summed E-state index contributed by atoms with van der Waals surface area (Å²) in [5.74, 6) is 4.85. The second-order valence-corrected chi connectivity index (χ2v) is 2.49. The molecule has 1 fully saturated rings. The van der Waals surface area contributed by atoms with Crippen LogP contribution in [0.5, 0.6) is 0 Å². The molecule has 0 radical (unpaired) electrons. The summed E-state index contributed by atoms with van der Waals surface area (Å²) in [6.45, 7) is 1.35. The number of hydrogen-bond acceptors (Lipinski definition) is 3. The largest absolute Gasteiger partial charge is 0.376 e. The number of ether oxygens (including phenoxy) is 1. The van der Waals surface area contributed by atoms with Gasteiger partial charge in [0, 0.05) is 13.2 Å². The van der Waals surface area contributed by atoms with Crippen molar-refractivity contribution in [2.75, 3.05) is 13.2 Å². The SMILES string of the molecule is NNC(=O)NC[C@H]1CCCO1. The first-order valence-electron chi connectivity index (χ1n) is 3.69. The third-order valence-electron chi connectivity index (χ3n) is 1.65. The highest BCUT2D eigenvalue weighted by Gasteiger charge is 2.15. The Morgan fingerprint density at radius 2 is 2.55 bits per heavy atom. The van der Waals surface area contributed by atoms with E-state index in [1.165, 1.54) is 0 Å². The Morgan fingerprint density at radius 1 is 1.73 bits per heavy atom. The van der Waals surface area contributed by atoms with E-state index >= 15 is 0 Å². The molecule has 0 unspecified atom stereocenters. The number of urea groups is 1. The highest BCUT2D eigenvalue weighted by atomic mass is 16.5. The van der Waals surface area contributed by atoms with Gasteiger partial charge in [0.25, 0.3) is 0 Å². The van der Waals surface area contributed by atoms with Crippen LogP contribution in [0.15, 0.2) is 0 Å². The minimum Gasteiger partial charge on any atom is -0.376 e. The Morgan fingerprint density at radius 3 is 3.09 bits per heavy atom. The first-order valence-corrected chi connectivity index (χ1v) is 3.69. The van der Waals surface area contributed by atoms with Crippen LogP contribution in [0.25, 0.3) is 0 Å². The van der Waals surface area contributed by atoms with E-state index in [0.29, 0.717) is 6.54 Å². The summed E-state index contributed by atoms with van der Waals surface area (Å²) in [5.41, 5.74) is 1.98. The molecule has 0 saturated carbocycles. The summed E-state index contributed by atoms with van der Waals surface area (Å²) in [6, 6.07) is -0.361. The zero-order valence-electron chi connectivity index (χ0n) is 6.30. The third-order valence-corrected chi connectivity index (χ3v) is 1.65. The Balaban J connectivity index is 2.06. The smallest absolute Gasteiger partial charge is 0.328 e. The van der Waals surface area contributed by atoms with E-state index in [0.717, 1.165) is 19.4 Å². The van der Waals surface area contributed by atoms with Gasteiger partial charge in [-0.05, 0) is 12.8 Å². The zero-order valence-corrected chi connectivity index (χ0v) is 6.30. The lowest BCUT2D eigenvalue weighted by Gasteiger charge is -2.09. The maximum Gasteiger partial charge on any atom is 0.328 e. The summed E-state index contributed by atoms with van der Waals surface area (Å²) in [4.78, 5) is 10.6. The number of amides is 2. The van der Waals surface area contributed by atoms with Crippen LogP contribution < -0.4 is 16.6 Å². The quantitative estimate of drug-likeness (QED) is 0.284. The molecule has 4 N–H and O–H groups in total. The van der Waals surface area contributed by atoms with Crippen molar-refractivity contribution >= 4 is 6.03 Å². The second kappa shape index (κ2) is 4.15. The average Bonchev–Trinajstić information content (AvgIpc) is 2.52. The molecule has 11 heavy (non-hydrogen) atoms. The van der Waals surface area contributed by atoms with Gasteiger partial charge in [0.05, 0.1) is 6.10 Å². The van der Waals surface area contributed by atoms with E-state index in [4.69, 9.17) is 10.6 Å². The number of nitrogens with one attached hydrogen (secondary N) is 2. The number of rotatable bonds is 2. The number of hydrogen-bond donors (Lipinski definition) is 3. The first-order chi connectivity index (χ1) is 5.33. The molecular weight excluding hydrogens is 146 g/mol. The lowest BCUT2D eigenvalue weighted by atomic mass is 10.2. The molecule has 5 heteroatoms. The maximum absolute atomic E-state index is 10.6. The molecular formula is C6H13N3O2. The van der Waals surface area contributed by atoms with Crippen molar-refractivity contribution in [3.05, 3.63) is 0 Å². The molecule has 1 heterocycles. The molecule has 1 saturated heterocycles. The van der Waals surface area contributed by atoms with Crippen LogP contribution in [0, 0.1) is 0 Å². The summed E-state index contributed by atoms with van der Waals surface area (Å²) in [7, 11) is 0. The second-order valence-electron chi connectivity index (χ2n) is 2.49.